The van der Waals surface area contributed by atoms with Gasteiger partial charge in [0.25, 0.3) is 5.69 Å². The standard InChI is InChI=1S/C12H15NO5S2/c1-8(2)18-12(14)7-20(17)11-5-4-9(19-3)6-10(11)13(15)16/h4-6,8H,7H2,1-3H3. The van der Waals surface area contributed by atoms with Gasteiger partial charge in [-0.15, -0.1) is 11.8 Å². The smallest absolute Gasteiger partial charge is 0.319 e. The van der Waals surface area contributed by atoms with Gasteiger partial charge in [0, 0.05) is 11.0 Å². The number of rotatable bonds is 6. The van der Waals surface area contributed by atoms with Crippen LogP contribution < -0.4 is 0 Å². The fourth-order valence-electron chi connectivity index (χ4n) is 1.44. The van der Waals surface area contributed by atoms with Gasteiger partial charge in [0.15, 0.2) is 0 Å². The van der Waals surface area contributed by atoms with Crippen LogP contribution in [0.25, 0.3) is 0 Å². The normalized spacial score (nSPS) is 12.2. The van der Waals surface area contributed by atoms with Gasteiger partial charge in [0.05, 0.1) is 21.8 Å². The minimum atomic E-state index is -1.80. The molecular formula is C12H15NO5S2. The van der Waals surface area contributed by atoms with Gasteiger partial charge in [-0.2, -0.15) is 0 Å². The average Bonchev–Trinajstić information content (AvgIpc) is 2.36. The number of esters is 1. The van der Waals surface area contributed by atoms with Crippen molar-refractivity contribution in [3.63, 3.8) is 0 Å². The SMILES string of the molecule is CSc1ccc(S(=O)CC(=O)OC(C)C)c([N+](=O)[O-])c1. The number of hydrogen-bond donors (Lipinski definition) is 0. The van der Waals surface area contributed by atoms with E-state index in [4.69, 9.17) is 4.74 Å². The molecule has 0 aromatic heterocycles. The molecule has 0 aliphatic heterocycles. The van der Waals surface area contributed by atoms with Crippen molar-refractivity contribution in [2.24, 2.45) is 0 Å². The number of thioether (sulfide) groups is 1. The second-order valence-corrected chi connectivity index (χ2v) is 6.42. The zero-order valence-electron chi connectivity index (χ0n) is 11.3. The van der Waals surface area contributed by atoms with Crippen molar-refractivity contribution in [2.75, 3.05) is 12.0 Å². The van der Waals surface area contributed by atoms with Gasteiger partial charge in [0.1, 0.15) is 10.6 Å². The zero-order valence-corrected chi connectivity index (χ0v) is 13.0. The van der Waals surface area contributed by atoms with E-state index < -0.39 is 27.4 Å². The van der Waals surface area contributed by atoms with Crippen molar-refractivity contribution in [1.82, 2.24) is 0 Å². The minimum absolute atomic E-state index is 0.0357. The van der Waals surface area contributed by atoms with Crippen molar-refractivity contribution in [3.8, 4) is 0 Å². The quantitative estimate of drug-likeness (QED) is 0.346. The average molecular weight is 317 g/mol. The van der Waals surface area contributed by atoms with Crippen molar-refractivity contribution < 1.29 is 18.7 Å². The molecular weight excluding hydrogens is 302 g/mol. The summed E-state index contributed by atoms with van der Waals surface area (Å²) < 4.78 is 16.9. The summed E-state index contributed by atoms with van der Waals surface area (Å²) in [5, 5.41) is 11.0. The van der Waals surface area contributed by atoms with Crippen molar-refractivity contribution in [1.29, 1.82) is 0 Å². The van der Waals surface area contributed by atoms with E-state index in [1.54, 1.807) is 26.2 Å². The highest BCUT2D eigenvalue weighted by Crippen LogP contribution is 2.27. The Morgan fingerprint density at radius 3 is 2.65 bits per heavy atom. The molecule has 1 aromatic rings. The Labute approximate surface area is 123 Å². The second kappa shape index (κ2) is 7.39. The Morgan fingerprint density at radius 1 is 1.50 bits per heavy atom. The number of carbonyl (C=O) groups excluding carboxylic acids is 1. The molecule has 1 atom stereocenters. The molecule has 0 amide bonds. The highest BCUT2D eigenvalue weighted by atomic mass is 32.2. The van der Waals surface area contributed by atoms with E-state index in [-0.39, 0.29) is 16.7 Å². The van der Waals surface area contributed by atoms with Crippen LogP contribution in [0.4, 0.5) is 5.69 Å². The molecule has 110 valence electrons. The van der Waals surface area contributed by atoms with E-state index in [2.05, 4.69) is 0 Å². The summed E-state index contributed by atoms with van der Waals surface area (Å²) in [7, 11) is -1.80. The summed E-state index contributed by atoms with van der Waals surface area (Å²) in [5.74, 6) is -1.03. The Hall–Kier alpha value is -1.41. The molecule has 8 heteroatoms. The highest BCUT2D eigenvalue weighted by Gasteiger charge is 2.22. The summed E-state index contributed by atoms with van der Waals surface area (Å²) in [5.41, 5.74) is -0.243. The van der Waals surface area contributed by atoms with Crippen LogP contribution in [0.1, 0.15) is 13.8 Å². The predicted octanol–water partition coefficient (Wildman–Crippen LogP) is 2.38. The van der Waals surface area contributed by atoms with Crippen LogP contribution in [-0.2, 0) is 20.3 Å². The maximum absolute atomic E-state index is 12.1. The highest BCUT2D eigenvalue weighted by molar-refractivity contribution is 7.98. The number of carbonyl (C=O) groups is 1. The van der Waals surface area contributed by atoms with E-state index in [0.29, 0.717) is 4.90 Å². The maximum atomic E-state index is 12.1. The molecule has 6 nitrogen and oxygen atoms in total. The van der Waals surface area contributed by atoms with Gasteiger partial charge < -0.3 is 4.74 Å². The van der Waals surface area contributed by atoms with E-state index in [0.717, 1.165) is 0 Å². The molecule has 1 rings (SSSR count). The predicted molar refractivity (Wildman–Crippen MR) is 77.4 cm³/mol. The Balaban J connectivity index is 2.98. The Kier molecular flexibility index (Phi) is 6.15. The molecule has 20 heavy (non-hydrogen) atoms. The molecule has 0 radical (unpaired) electrons. The summed E-state index contributed by atoms with van der Waals surface area (Å²) in [6, 6.07) is 4.41. The van der Waals surface area contributed by atoms with Crippen LogP contribution in [0.5, 0.6) is 0 Å². The van der Waals surface area contributed by atoms with Gasteiger partial charge in [-0.05, 0) is 32.2 Å². The molecule has 0 aliphatic carbocycles. The first kappa shape index (κ1) is 16.6. The third-order valence-electron chi connectivity index (χ3n) is 2.22. The van der Waals surface area contributed by atoms with Gasteiger partial charge in [-0.1, -0.05) is 0 Å². The third-order valence-corrected chi connectivity index (χ3v) is 4.28. The minimum Gasteiger partial charge on any atom is -0.462 e. The molecule has 0 N–H and O–H groups in total. The monoisotopic (exact) mass is 317 g/mol. The number of benzene rings is 1. The van der Waals surface area contributed by atoms with Gasteiger partial charge in [-0.3, -0.25) is 19.1 Å². The van der Waals surface area contributed by atoms with Crippen molar-refractivity contribution >= 4 is 34.2 Å². The fourth-order valence-corrected chi connectivity index (χ4v) is 2.90. The van der Waals surface area contributed by atoms with Crippen LogP contribution in [0, 0.1) is 10.1 Å². The van der Waals surface area contributed by atoms with Crippen LogP contribution in [0.2, 0.25) is 0 Å². The first-order valence-corrected chi connectivity index (χ1v) is 8.29. The van der Waals surface area contributed by atoms with E-state index >= 15 is 0 Å². The van der Waals surface area contributed by atoms with Crippen molar-refractivity contribution in [3.05, 3.63) is 28.3 Å². The number of nitrogens with zero attached hydrogens (tertiary/aromatic N) is 1. The van der Waals surface area contributed by atoms with E-state index in [1.807, 2.05) is 0 Å². The molecule has 0 aliphatic rings. The third kappa shape index (κ3) is 4.61. The molecule has 0 heterocycles. The molecule has 1 unspecified atom stereocenters. The summed E-state index contributed by atoms with van der Waals surface area (Å²) in [6.07, 6.45) is 1.48. The van der Waals surface area contributed by atoms with Crippen molar-refractivity contribution in [2.45, 2.75) is 29.7 Å². The van der Waals surface area contributed by atoms with Gasteiger partial charge in [-0.25, -0.2) is 0 Å². The van der Waals surface area contributed by atoms with Crippen LogP contribution in [0.3, 0.4) is 0 Å². The maximum Gasteiger partial charge on any atom is 0.319 e. The number of ether oxygens (including phenoxy) is 1. The summed E-state index contributed by atoms with van der Waals surface area (Å²) in [4.78, 5) is 22.6. The van der Waals surface area contributed by atoms with Gasteiger partial charge >= 0.3 is 5.97 Å². The lowest BCUT2D eigenvalue weighted by Crippen LogP contribution is -2.18. The molecule has 0 bridgehead atoms. The summed E-state index contributed by atoms with van der Waals surface area (Å²) >= 11 is 1.35. The van der Waals surface area contributed by atoms with E-state index in [9.17, 15) is 19.1 Å². The second-order valence-electron chi connectivity index (χ2n) is 4.12. The Bertz CT molecular complexity index is 545. The number of nitro groups is 1. The lowest BCUT2D eigenvalue weighted by Gasteiger charge is -2.08. The molecule has 0 saturated heterocycles. The molecule has 0 saturated carbocycles. The van der Waals surface area contributed by atoms with Crippen LogP contribution in [0.15, 0.2) is 28.0 Å². The molecule has 0 spiro atoms. The lowest BCUT2D eigenvalue weighted by atomic mass is 10.3. The largest absolute Gasteiger partial charge is 0.462 e. The first-order chi connectivity index (χ1) is 9.35. The van der Waals surface area contributed by atoms with Crippen LogP contribution in [-0.4, -0.2) is 33.2 Å². The summed E-state index contributed by atoms with van der Waals surface area (Å²) in [6.45, 7) is 3.35. The van der Waals surface area contributed by atoms with E-state index in [1.165, 1.54) is 23.9 Å². The zero-order chi connectivity index (χ0) is 15.3. The molecule has 1 aromatic carbocycles. The molecule has 0 fully saturated rings. The fraction of sp³-hybridized carbons (Fsp3) is 0.417. The topological polar surface area (TPSA) is 86.5 Å². The lowest BCUT2D eigenvalue weighted by molar-refractivity contribution is -0.388. The number of nitro benzene ring substituents is 1. The number of hydrogen-bond acceptors (Lipinski definition) is 6. The van der Waals surface area contributed by atoms with Crippen LogP contribution >= 0.6 is 11.8 Å². The first-order valence-electron chi connectivity index (χ1n) is 5.75. The Morgan fingerprint density at radius 2 is 2.15 bits per heavy atom. The van der Waals surface area contributed by atoms with Gasteiger partial charge in [0.2, 0.25) is 0 Å².